The number of benzene rings is 3. The summed E-state index contributed by atoms with van der Waals surface area (Å²) in [4.78, 5) is 18.0. The highest BCUT2D eigenvalue weighted by Gasteiger charge is 2.41. The summed E-state index contributed by atoms with van der Waals surface area (Å²) in [6, 6.07) is 14.4. The lowest BCUT2D eigenvalue weighted by Crippen LogP contribution is -2.47. The van der Waals surface area contributed by atoms with E-state index < -0.39 is 6.10 Å². The van der Waals surface area contributed by atoms with Gasteiger partial charge < -0.3 is 38.8 Å². The first kappa shape index (κ1) is 45.4. The third kappa shape index (κ3) is 10.1. The maximum absolute atomic E-state index is 12.8. The number of carbonyl (C=O) groups is 1. The van der Waals surface area contributed by atoms with Gasteiger partial charge in [0.2, 0.25) is 5.91 Å². The lowest BCUT2D eigenvalue weighted by molar-refractivity contribution is -0.113. The van der Waals surface area contributed by atoms with Crippen molar-refractivity contribution in [3.05, 3.63) is 64.7 Å². The number of carbonyl (C=O) groups excluding carboxylic acids is 1. The number of halogens is 2. The molecule has 3 aliphatic rings. The molecule has 0 aromatic heterocycles. The summed E-state index contributed by atoms with van der Waals surface area (Å²) in [6.07, 6.45) is 4.40. The first-order valence-electron chi connectivity index (χ1n) is 19.0. The average Bonchev–Trinajstić information content (AvgIpc) is 3.19. The number of anilines is 1. The van der Waals surface area contributed by atoms with Gasteiger partial charge in [-0.1, -0.05) is 13.3 Å². The average molecular weight is 837 g/mol. The number of rotatable bonds is 16. The molecule has 1 saturated heterocycles. The summed E-state index contributed by atoms with van der Waals surface area (Å²) in [6.45, 7) is 5.78. The number of nitrogens with one attached hydrogen (secondary N) is 1. The van der Waals surface area contributed by atoms with E-state index in [1.807, 2.05) is 0 Å². The first-order valence-corrected chi connectivity index (χ1v) is 20.1. The van der Waals surface area contributed by atoms with Crippen molar-refractivity contribution < 1.29 is 38.3 Å². The zero-order valence-corrected chi connectivity index (χ0v) is 36.1. The zero-order valence-electron chi connectivity index (χ0n) is 33.6. The van der Waals surface area contributed by atoms with Gasteiger partial charge in [-0.2, -0.15) is 0 Å². The molecular formula is C42H59Cl2N3O8S. The molecule has 3 aromatic rings. The van der Waals surface area contributed by atoms with Crippen molar-refractivity contribution in [1.82, 2.24) is 9.80 Å². The van der Waals surface area contributed by atoms with Gasteiger partial charge in [0.15, 0.2) is 34.5 Å². The molecule has 0 spiro atoms. The van der Waals surface area contributed by atoms with Crippen LogP contribution in [0.4, 0.5) is 5.69 Å². The molecule has 1 unspecified atom stereocenters. The molecule has 3 aliphatic heterocycles. The second-order valence-electron chi connectivity index (χ2n) is 14.5. The standard InChI is InChI=1S/C42H57N3O8S.2ClH/c1-8-26-22-44-13-11-27-17-37(49-3)40(52-6)20-32(27)34(44)15-29(26)16-35-33-21-41(53-7)38(50-4)18-28(33)12-14-45(35)23-31(46)24-54-25-42(47)43-30-9-10-36(48-2)39(19-30)51-5;;/h9-10,17-21,26,29,31,34-35,46H,8,11-16,22-25H2,1-7H3,(H,43,47);2*1H/t26-,29+,31?,34-,35+;;/m0../s1. The number of fused-ring (bicyclic) bond motifs is 4. The van der Waals surface area contributed by atoms with Gasteiger partial charge in [-0.05, 0) is 96.2 Å². The minimum Gasteiger partial charge on any atom is -0.493 e. The Morgan fingerprint density at radius 2 is 1.36 bits per heavy atom. The largest absolute Gasteiger partial charge is 0.493 e. The Kier molecular flexibility index (Phi) is 17.0. The van der Waals surface area contributed by atoms with Crippen molar-refractivity contribution >= 4 is 48.2 Å². The van der Waals surface area contributed by atoms with Crippen molar-refractivity contribution in [2.75, 3.05) is 85.7 Å². The highest BCUT2D eigenvalue weighted by Crippen LogP contribution is 2.49. The number of thioether (sulfide) groups is 1. The van der Waals surface area contributed by atoms with Crippen LogP contribution >= 0.6 is 36.6 Å². The molecular weight excluding hydrogens is 777 g/mol. The summed E-state index contributed by atoms with van der Waals surface area (Å²) < 4.78 is 33.6. The van der Waals surface area contributed by atoms with E-state index >= 15 is 0 Å². The third-order valence-corrected chi connectivity index (χ3v) is 12.7. The van der Waals surface area contributed by atoms with Crippen LogP contribution in [0.15, 0.2) is 42.5 Å². The molecule has 1 fully saturated rings. The van der Waals surface area contributed by atoms with Crippen LogP contribution < -0.4 is 33.7 Å². The van der Waals surface area contributed by atoms with Crippen molar-refractivity contribution in [2.45, 2.75) is 57.2 Å². The summed E-state index contributed by atoms with van der Waals surface area (Å²) in [5, 5.41) is 14.4. The number of piperidine rings is 1. The molecule has 6 rings (SSSR count). The summed E-state index contributed by atoms with van der Waals surface area (Å²) in [5.74, 6) is 5.75. The van der Waals surface area contributed by atoms with Crippen LogP contribution in [-0.4, -0.2) is 107 Å². The van der Waals surface area contributed by atoms with E-state index in [-0.39, 0.29) is 42.5 Å². The Hall–Kier alpha value is -3.26. The highest BCUT2D eigenvalue weighted by atomic mass is 35.5. The quantitative estimate of drug-likeness (QED) is 0.152. The van der Waals surface area contributed by atoms with E-state index in [2.05, 4.69) is 46.3 Å². The topological polar surface area (TPSA) is 111 Å². The molecule has 1 amide bonds. The molecule has 0 aliphatic carbocycles. The second kappa shape index (κ2) is 20.9. The molecule has 0 bridgehead atoms. The molecule has 0 saturated carbocycles. The summed E-state index contributed by atoms with van der Waals surface area (Å²) >= 11 is 1.44. The number of β-amino-alcohol motifs (C(OH)–C–C–N with tert-alkyl or cyclic N) is 1. The van der Waals surface area contributed by atoms with Crippen molar-refractivity contribution in [3.63, 3.8) is 0 Å². The second-order valence-corrected chi connectivity index (χ2v) is 15.6. The number of nitrogens with zero attached hydrogens (tertiary/aromatic N) is 2. The number of methoxy groups -OCH3 is 6. The van der Waals surface area contributed by atoms with Crippen LogP contribution in [0.3, 0.4) is 0 Å². The molecule has 0 radical (unpaired) electrons. The predicted molar refractivity (Wildman–Crippen MR) is 228 cm³/mol. The Bertz CT molecular complexity index is 1770. The lowest BCUT2D eigenvalue weighted by Gasteiger charge is -2.49. The number of amides is 1. The molecule has 14 heteroatoms. The minimum atomic E-state index is -0.607. The first-order chi connectivity index (χ1) is 26.2. The Morgan fingerprint density at radius 1 is 0.786 bits per heavy atom. The molecule has 56 heavy (non-hydrogen) atoms. The third-order valence-electron chi connectivity index (χ3n) is 11.6. The summed E-state index contributed by atoms with van der Waals surface area (Å²) in [5.41, 5.74) is 5.86. The van der Waals surface area contributed by atoms with E-state index in [0.29, 0.717) is 47.4 Å². The van der Waals surface area contributed by atoms with Gasteiger partial charge in [0.25, 0.3) is 0 Å². The fourth-order valence-electron chi connectivity index (χ4n) is 8.84. The van der Waals surface area contributed by atoms with Gasteiger partial charge in [-0.15, -0.1) is 36.6 Å². The van der Waals surface area contributed by atoms with Gasteiger partial charge in [0.05, 0.1) is 54.5 Å². The number of hydrogen-bond acceptors (Lipinski definition) is 11. The van der Waals surface area contributed by atoms with E-state index in [1.54, 1.807) is 60.9 Å². The predicted octanol–water partition coefficient (Wildman–Crippen LogP) is 7.25. The number of ether oxygens (including phenoxy) is 6. The van der Waals surface area contributed by atoms with Gasteiger partial charge in [-0.25, -0.2) is 0 Å². The fraction of sp³-hybridized carbons (Fsp3) is 0.548. The molecule has 2 N–H and O–H groups in total. The monoisotopic (exact) mass is 835 g/mol. The van der Waals surface area contributed by atoms with Gasteiger partial charge in [0, 0.05) is 55.8 Å². The van der Waals surface area contributed by atoms with Crippen molar-refractivity contribution in [2.24, 2.45) is 11.8 Å². The Morgan fingerprint density at radius 3 is 1.98 bits per heavy atom. The molecule has 11 nitrogen and oxygen atoms in total. The minimum absolute atomic E-state index is 0. The van der Waals surface area contributed by atoms with Crippen LogP contribution in [0.2, 0.25) is 0 Å². The van der Waals surface area contributed by atoms with Crippen LogP contribution in [0, 0.1) is 11.8 Å². The van der Waals surface area contributed by atoms with E-state index in [0.717, 1.165) is 74.7 Å². The van der Waals surface area contributed by atoms with Gasteiger partial charge in [0.1, 0.15) is 0 Å². The number of hydrogen-bond donors (Lipinski definition) is 2. The lowest BCUT2D eigenvalue weighted by atomic mass is 9.72. The van der Waals surface area contributed by atoms with Gasteiger partial charge in [-0.3, -0.25) is 14.6 Å². The normalized spacial score (nSPS) is 20.8. The molecule has 5 atom stereocenters. The maximum Gasteiger partial charge on any atom is 0.234 e. The van der Waals surface area contributed by atoms with Crippen LogP contribution in [0.5, 0.6) is 34.5 Å². The van der Waals surface area contributed by atoms with Crippen LogP contribution in [-0.2, 0) is 17.6 Å². The molecule has 310 valence electrons. The van der Waals surface area contributed by atoms with Crippen LogP contribution in [0.1, 0.15) is 60.5 Å². The number of aliphatic hydroxyl groups excluding tert-OH is 1. The zero-order chi connectivity index (χ0) is 38.4. The number of aliphatic hydroxyl groups is 1. The fourth-order valence-corrected chi connectivity index (χ4v) is 9.59. The van der Waals surface area contributed by atoms with E-state index in [4.69, 9.17) is 28.4 Å². The molecule has 3 heterocycles. The Labute approximate surface area is 348 Å². The summed E-state index contributed by atoms with van der Waals surface area (Å²) in [7, 11) is 9.93. The Balaban J connectivity index is 0.00000348. The molecule has 3 aromatic carbocycles. The maximum atomic E-state index is 12.8. The van der Waals surface area contributed by atoms with Crippen molar-refractivity contribution in [1.29, 1.82) is 0 Å². The van der Waals surface area contributed by atoms with Gasteiger partial charge >= 0.3 is 0 Å². The van der Waals surface area contributed by atoms with E-state index in [9.17, 15) is 9.90 Å². The SMILES string of the molecule is CC[C@H]1CN2CCc3cc(OC)c(OC)cc3[C@@H]2C[C@@H]1C[C@@H]1c2cc(OC)c(OC)cc2CCN1CC(O)CSCC(=O)Nc1ccc(OC)c(OC)c1.Cl.Cl. The van der Waals surface area contributed by atoms with Crippen LogP contribution in [0.25, 0.3) is 0 Å². The highest BCUT2D eigenvalue weighted by molar-refractivity contribution is 8.00. The smallest absolute Gasteiger partial charge is 0.234 e. The van der Waals surface area contributed by atoms with Crippen molar-refractivity contribution in [3.8, 4) is 34.5 Å². The van der Waals surface area contributed by atoms with E-state index in [1.165, 1.54) is 34.0 Å².